The van der Waals surface area contributed by atoms with Gasteiger partial charge in [-0.05, 0) is 29.7 Å². The Balaban J connectivity index is 2.17. The number of nitrogens with one attached hydrogen (secondary N) is 1. The van der Waals surface area contributed by atoms with E-state index in [-0.39, 0.29) is 10.8 Å². The highest BCUT2D eigenvalue weighted by molar-refractivity contribution is 7.89. The molecule has 0 saturated heterocycles. The van der Waals surface area contributed by atoms with Crippen molar-refractivity contribution in [1.29, 1.82) is 0 Å². The topological polar surface area (TPSA) is 98.2 Å². The molecular weight excluding hydrogens is 286 g/mol. The number of nitrogen functional groups attached to an aromatic ring is 1. The van der Waals surface area contributed by atoms with Crippen LogP contribution in [0.15, 0.2) is 53.4 Å². The number of primary sulfonamides is 1. The van der Waals surface area contributed by atoms with Gasteiger partial charge >= 0.3 is 0 Å². The van der Waals surface area contributed by atoms with Gasteiger partial charge in [0.25, 0.3) is 0 Å². The van der Waals surface area contributed by atoms with Crippen molar-refractivity contribution in [2.24, 2.45) is 5.14 Å². The fourth-order valence-corrected chi connectivity index (χ4v) is 2.83. The van der Waals surface area contributed by atoms with Gasteiger partial charge in [-0.2, -0.15) is 0 Å². The molecule has 0 fully saturated rings. The highest BCUT2D eigenvalue weighted by atomic mass is 32.2. The predicted molar refractivity (Wildman–Crippen MR) is 85.6 cm³/mol. The molecule has 5 nitrogen and oxygen atoms in total. The smallest absolute Gasteiger partial charge is 0.240 e. The van der Waals surface area contributed by atoms with Crippen molar-refractivity contribution >= 4 is 21.4 Å². The summed E-state index contributed by atoms with van der Waals surface area (Å²) in [6.45, 7) is 2.66. The molecule has 0 bridgehead atoms. The first-order valence-corrected chi connectivity index (χ1v) is 8.13. The predicted octanol–water partition coefficient (Wildman–Crippen LogP) is 2.13. The second-order valence-corrected chi connectivity index (χ2v) is 6.52. The number of hydrogen-bond donors (Lipinski definition) is 3. The first-order valence-electron chi connectivity index (χ1n) is 6.59. The average molecular weight is 305 g/mol. The lowest BCUT2D eigenvalue weighted by Gasteiger charge is -2.16. The van der Waals surface area contributed by atoms with Crippen molar-refractivity contribution in [3.8, 4) is 0 Å². The molecule has 1 atom stereocenters. The molecule has 5 N–H and O–H groups in total. The van der Waals surface area contributed by atoms with E-state index in [0.717, 1.165) is 0 Å². The maximum Gasteiger partial charge on any atom is 0.240 e. The second-order valence-electron chi connectivity index (χ2n) is 4.99. The van der Waals surface area contributed by atoms with E-state index in [1.54, 1.807) is 12.1 Å². The molecule has 21 heavy (non-hydrogen) atoms. The third-order valence-electron chi connectivity index (χ3n) is 3.28. The molecule has 0 aliphatic carbocycles. The molecule has 6 heteroatoms. The Hall–Kier alpha value is -2.05. The van der Waals surface area contributed by atoms with Gasteiger partial charge in [-0.3, -0.25) is 0 Å². The number of sulfonamides is 1. The molecule has 1 unspecified atom stereocenters. The Labute approximate surface area is 125 Å². The lowest BCUT2D eigenvalue weighted by Crippen LogP contribution is -2.17. The quantitative estimate of drug-likeness (QED) is 0.737. The normalized spacial score (nSPS) is 12.9. The molecule has 112 valence electrons. The van der Waals surface area contributed by atoms with Gasteiger partial charge in [0.1, 0.15) is 4.90 Å². The minimum absolute atomic E-state index is 0.0164. The zero-order valence-electron chi connectivity index (χ0n) is 11.8. The molecule has 0 aromatic heterocycles. The van der Waals surface area contributed by atoms with Crippen molar-refractivity contribution in [3.63, 3.8) is 0 Å². The van der Waals surface area contributed by atoms with Crippen LogP contribution >= 0.6 is 0 Å². The molecule has 0 aliphatic rings. The molecule has 0 amide bonds. The van der Waals surface area contributed by atoms with E-state index in [4.69, 9.17) is 10.9 Å². The highest BCUT2D eigenvalue weighted by Crippen LogP contribution is 2.24. The van der Waals surface area contributed by atoms with Gasteiger partial charge in [-0.25, -0.2) is 13.6 Å². The zero-order chi connectivity index (χ0) is 15.5. The van der Waals surface area contributed by atoms with Gasteiger partial charge in [0.05, 0.1) is 5.69 Å². The van der Waals surface area contributed by atoms with Crippen molar-refractivity contribution in [3.05, 3.63) is 54.1 Å². The van der Waals surface area contributed by atoms with Crippen LogP contribution in [-0.4, -0.2) is 15.0 Å². The molecule has 0 spiro atoms. The molecule has 2 aromatic carbocycles. The Morgan fingerprint density at radius 2 is 1.81 bits per heavy atom. The van der Waals surface area contributed by atoms with Gasteiger partial charge < -0.3 is 11.1 Å². The Morgan fingerprint density at radius 1 is 1.14 bits per heavy atom. The SMILES string of the molecule is CC(CNc1ccc(N)cc1S(N)(=O)=O)c1ccccc1. The van der Waals surface area contributed by atoms with Gasteiger partial charge in [-0.1, -0.05) is 37.3 Å². The van der Waals surface area contributed by atoms with Gasteiger partial charge in [0, 0.05) is 12.2 Å². The minimum Gasteiger partial charge on any atom is -0.399 e. The van der Waals surface area contributed by atoms with Crippen molar-refractivity contribution in [2.75, 3.05) is 17.6 Å². The highest BCUT2D eigenvalue weighted by Gasteiger charge is 2.15. The summed E-state index contributed by atoms with van der Waals surface area (Å²) in [7, 11) is -3.81. The lowest BCUT2D eigenvalue weighted by molar-refractivity contribution is 0.598. The van der Waals surface area contributed by atoms with Crippen LogP contribution in [0.5, 0.6) is 0 Å². The van der Waals surface area contributed by atoms with E-state index >= 15 is 0 Å². The number of rotatable bonds is 5. The van der Waals surface area contributed by atoms with Crippen LogP contribution in [0, 0.1) is 0 Å². The van der Waals surface area contributed by atoms with Crippen molar-refractivity contribution < 1.29 is 8.42 Å². The van der Waals surface area contributed by atoms with Crippen LogP contribution in [0.3, 0.4) is 0 Å². The van der Waals surface area contributed by atoms with Crippen LogP contribution in [0.2, 0.25) is 0 Å². The molecular formula is C15H19N3O2S. The molecule has 0 heterocycles. The summed E-state index contributed by atoms with van der Waals surface area (Å²) in [6.07, 6.45) is 0. The lowest BCUT2D eigenvalue weighted by atomic mass is 10.0. The summed E-state index contributed by atoms with van der Waals surface area (Å²) in [4.78, 5) is 0.0164. The van der Waals surface area contributed by atoms with Gasteiger partial charge in [0.2, 0.25) is 10.0 Å². The second kappa shape index (κ2) is 6.15. The summed E-state index contributed by atoms with van der Waals surface area (Å²) in [5, 5.41) is 8.35. The summed E-state index contributed by atoms with van der Waals surface area (Å²) in [6, 6.07) is 14.6. The minimum atomic E-state index is -3.81. The number of hydrogen-bond acceptors (Lipinski definition) is 4. The fourth-order valence-electron chi connectivity index (χ4n) is 2.08. The third kappa shape index (κ3) is 3.96. The van der Waals surface area contributed by atoms with E-state index in [0.29, 0.717) is 17.9 Å². The van der Waals surface area contributed by atoms with E-state index in [2.05, 4.69) is 12.2 Å². The largest absolute Gasteiger partial charge is 0.399 e. The van der Waals surface area contributed by atoms with Crippen LogP contribution in [0.4, 0.5) is 11.4 Å². The van der Waals surface area contributed by atoms with E-state index in [1.165, 1.54) is 11.6 Å². The molecule has 0 aliphatic heterocycles. The molecule has 0 saturated carbocycles. The fraction of sp³-hybridized carbons (Fsp3) is 0.200. The van der Waals surface area contributed by atoms with Crippen LogP contribution in [-0.2, 0) is 10.0 Å². The van der Waals surface area contributed by atoms with E-state index in [9.17, 15) is 8.42 Å². The Morgan fingerprint density at radius 3 is 2.43 bits per heavy atom. The average Bonchev–Trinajstić information content (AvgIpc) is 2.45. The van der Waals surface area contributed by atoms with Crippen LogP contribution in [0.25, 0.3) is 0 Å². The monoisotopic (exact) mass is 305 g/mol. The summed E-state index contributed by atoms with van der Waals surface area (Å²) >= 11 is 0. The Kier molecular flexibility index (Phi) is 4.50. The maximum absolute atomic E-state index is 11.6. The van der Waals surface area contributed by atoms with E-state index in [1.807, 2.05) is 30.3 Å². The first-order chi connectivity index (χ1) is 9.88. The number of nitrogens with two attached hydrogens (primary N) is 2. The standard InChI is InChI=1S/C15H19N3O2S/c1-11(12-5-3-2-4-6-12)10-18-14-8-7-13(16)9-15(14)21(17,19)20/h2-9,11,18H,10,16H2,1H3,(H2,17,19,20). The molecule has 0 radical (unpaired) electrons. The van der Waals surface area contributed by atoms with Crippen molar-refractivity contribution in [2.45, 2.75) is 17.7 Å². The van der Waals surface area contributed by atoms with Crippen LogP contribution < -0.4 is 16.2 Å². The van der Waals surface area contributed by atoms with E-state index < -0.39 is 10.0 Å². The first kappa shape index (κ1) is 15.3. The van der Waals surface area contributed by atoms with Crippen molar-refractivity contribution in [1.82, 2.24) is 0 Å². The molecule has 2 rings (SSSR count). The van der Waals surface area contributed by atoms with Gasteiger partial charge in [0.15, 0.2) is 0 Å². The number of benzene rings is 2. The Bertz CT molecular complexity index is 715. The number of anilines is 2. The summed E-state index contributed by atoms with van der Waals surface area (Å²) < 4.78 is 23.2. The summed E-state index contributed by atoms with van der Waals surface area (Å²) in [5.41, 5.74) is 7.63. The third-order valence-corrected chi connectivity index (χ3v) is 4.23. The van der Waals surface area contributed by atoms with Gasteiger partial charge in [-0.15, -0.1) is 0 Å². The van der Waals surface area contributed by atoms with Crippen LogP contribution in [0.1, 0.15) is 18.4 Å². The maximum atomic E-state index is 11.6. The zero-order valence-corrected chi connectivity index (χ0v) is 12.6. The molecule has 2 aromatic rings. The summed E-state index contributed by atoms with van der Waals surface area (Å²) in [5.74, 6) is 0.233.